The van der Waals surface area contributed by atoms with Crippen molar-refractivity contribution >= 4 is 39.2 Å². The normalized spacial score (nSPS) is 41.0. The molecular formula is C73H103N11S2. The third-order valence-corrected chi connectivity index (χ3v) is 28.2. The van der Waals surface area contributed by atoms with Crippen molar-refractivity contribution in [1.29, 1.82) is 0 Å². The highest BCUT2D eigenvalue weighted by atomic mass is 32.1. The van der Waals surface area contributed by atoms with Gasteiger partial charge in [0.25, 0.3) is 0 Å². The van der Waals surface area contributed by atoms with E-state index < -0.39 is 0 Å². The van der Waals surface area contributed by atoms with Gasteiger partial charge in [-0.1, -0.05) is 12.5 Å². The highest BCUT2D eigenvalue weighted by Gasteiger charge is 2.56. The van der Waals surface area contributed by atoms with Crippen LogP contribution in [0.5, 0.6) is 0 Å². The van der Waals surface area contributed by atoms with Crippen LogP contribution in [0.4, 0.5) is 0 Å². The monoisotopic (exact) mass is 1200 g/mol. The quantitative estimate of drug-likeness (QED) is 0.0637. The van der Waals surface area contributed by atoms with Crippen LogP contribution < -0.4 is 21.3 Å². The van der Waals surface area contributed by atoms with Gasteiger partial charge in [0.1, 0.15) is 10.7 Å². The van der Waals surface area contributed by atoms with Crippen LogP contribution in [0.3, 0.4) is 0 Å². The summed E-state index contributed by atoms with van der Waals surface area (Å²) in [5.74, 6) is 13.3. The fraction of sp³-hybridized carbons (Fsp3) is 0.740. The second-order valence-corrected chi connectivity index (χ2v) is 35.7. The van der Waals surface area contributed by atoms with E-state index in [1.165, 1.54) is 209 Å². The number of hydrogen-bond acceptors (Lipinski definition) is 10. The number of nitrogens with one attached hydrogen (secondary N) is 6. The lowest BCUT2D eigenvalue weighted by molar-refractivity contribution is -0.0959. The van der Waals surface area contributed by atoms with Gasteiger partial charge in [-0.3, -0.25) is 4.90 Å². The average Bonchev–Trinajstić information content (AvgIpc) is 1.24. The lowest BCUT2D eigenvalue weighted by Gasteiger charge is -2.60. The van der Waals surface area contributed by atoms with Crippen LogP contribution in [0.15, 0.2) is 61.4 Å². The summed E-state index contributed by atoms with van der Waals surface area (Å²) in [7, 11) is 0. The lowest BCUT2D eigenvalue weighted by atomic mass is 9.52. The summed E-state index contributed by atoms with van der Waals surface area (Å²) in [6.07, 6.45) is 53.8. The van der Waals surface area contributed by atoms with Crippen LogP contribution in [-0.4, -0.2) is 75.0 Å². The van der Waals surface area contributed by atoms with Gasteiger partial charge in [0, 0.05) is 112 Å². The van der Waals surface area contributed by atoms with Crippen molar-refractivity contribution in [3.8, 4) is 0 Å². The zero-order valence-electron chi connectivity index (χ0n) is 52.3. The van der Waals surface area contributed by atoms with Crippen molar-refractivity contribution in [2.75, 3.05) is 6.54 Å². The Kier molecular flexibility index (Phi) is 15.0. The molecule has 6 aromatic heterocycles. The van der Waals surface area contributed by atoms with E-state index in [4.69, 9.17) is 4.98 Å². The van der Waals surface area contributed by atoms with Gasteiger partial charge in [-0.25, -0.2) is 15.0 Å². The van der Waals surface area contributed by atoms with E-state index in [1.807, 2.05) is 41.3 Å². The van der Waals surface area contributed by atoms with Crippen molar-refractivity contribution in [3.63, 3.8) is 0 Å². The summed E-state index contributed by atoms with van der Waals surface area (Å²) in [5, 5.41) is 19.7. The van der Waals surface area contributed by atoms with Crippen LogP contribution in [0, 0.1) is 90.8 Å². The van der Waals surface area contributed by atoms with Gasteiger partial charge in [0.15, 0.2) is 0 Å². The Morgan fingerprint density at radius 2 is 1.15 bits per heavy atom. The van der Waals surface area contributed by atoms with E-state index in [1.54, 1.807) is 19.3 Å². The first kappa shape index (κ1) is 56.5. The molecule has 3 unspecified atom stereocenters. The summed E-state index contributed by atoms with van der Waals surface area (Å²) in [5.41, 5.74) is 6.80. The molecule has 86 heavy (non-hydrogen) atoms. The van der Waals surface area contributed by atoms with Gasteiger partial charge in [0.2, 0.25) is 0 Å². The van der Waals surface area contributed by atoms with Gasteiger partial charge < -0.3 is 35.6 Å². The minimum atomic E-state index is 0.423. The Bertz CT molecular complexity index is 3100. The third kappa shape index (κ3) is 11.5. The van der Waals surface area contributed by atoms with Crippen molar-refractivity contribution in [2.45, 2.75) is 254 Å². The standard InChI is InChI=1S/C20H27N3S2.C18H23N3.C18H30N2.C17H23N3/c1-13-9-22-19(24-13)12-23(11-18-10-21-14(2)25-18)20-6-15-3-16(7-20)5-17(4-15)8-20;1-2-4-21-16(11-19-17(21)3-1)12-20-18-8-13-5-14(9-18)7-15(6-13)10-18;1-2-15-7-16(20-17(15)3-1)11-19-18-8-12-4-13(9-18)6-14(5-12)10-18;1-11-2-13-3-12(1)6-17(5-11,7-13)19-9-15-4-14-8-18-10-16(14)20-15/h9-10,15-17H,3-8,11-12H2,1-2H3;1-4,11,13-15,20H,5-10,12H2;12-17,19-20H,1-11H2;4,8,10-13,18-20H,1-3,5-7,9H2. The minimum absolute atomic E-state index is 0.423. The molecule has 13 heteroatoms. The number of aromatic amines is 2. The molecule has 18 aliphatic rings. The molecule has 16 bridgehead atoms. The summed E-state index contributed by atoms with van der Waals surface area (Å²) in [6.45, 7) is 9.56. The number of rotatable bonds is 14. The molecule has 0 spiro atoms. The molecule has 3 atom stereocenters. The molecule has 11 nitrogen and oxygen atoms in total. The lowest BCUT2D eigenvalue weighted by Crippen LogP contribution is -2.60. The minimum Gasteiger partial charge on any atom is -0.365 e. The molecule has 0 amide bonds. The maximum Gasteiger partial charge on any atom is 0.136 e. The Morgan fingerprint density at radius 1 is 0.581 bits per heavy atom. The van der Waals surface area contributed by atoms with Crippen molar-refractivity contribution in [3.05, 3.63) is 92.6 Å². The van der Waals surface area contributed by atoms with Crippen LogP contribution in [0.1, 0.15) is 211 Å². The van der Waals surface area contributed by atoms with Gasteiger partial charge in [-0.05, 0) is 282 Å². The van der Waals surface area contributed by atoms with Crippen molar-refractivity contribution < 1.29 is 0 Å². The molecule has 6 aromatic rings. The highest BCUT2D eigenvalue weighted by Crippen LogP contribution is 2.60. The number of hydrogen-bond donors (Lipinski definition) is 6. The summed E-state index contributed by atoms with van der Waals surface area (Å²) in [6, 6.07) is 10.1. The predicted octanol–water partition coefficient (Wildman–Crippen LogP) is 15.2. The van der Waals surface area contributed by atoms with Gasteiger partial charge in [-0.2, -0.15) is 0 Å². The number of aryl methyl sites for hydroxylation is 2. The van der Waals surface area contributed by atoms with Crippen molar-refractivity contribution in [2.24, 2.45) is 76.9 Å². The smallest absolute Gasteiger partial charge is 0.136 e. The number of H-pyrrole nitrogens is 2. The second-order valence-electron chi connectivity index (χ2n) is 33.1. The topological polar surface area (TPSA) is 126 Å². The largest absolute Gasteiger partial charge is 0.365 e. The number of thiazole rings is 2. The molecule has 1 saturated heterocycles. The molecule has 17 saturated carbocycles. The predicted molar refractivity (Wildman–Crippen MR) is 349 cm³/mol. The molecule has 0 radical (unpaired) electrons. The zero-order valence-corrected chi connectivity index (χ0v) is 54.0. The van der Waals surface area contributed by atoms with Crippen LogP contribution >= 0.6 is 22.7 Å². The first-order valence-corrected chi connectivity index (χ1v) is 37.2. The molecule has 462 valence electrons. The first-order valence-electron chi connectivity index (χ1n) is 35.6. The average molecular weight is 1200 g/mol. The molecule has 18 fully saturated rings. The Morgan fingerprint density at radius 3 is 1.69 bits per heavy atom. The van der Waals surface area contributed by atoms with E-state index in [-0.39, 0.29) is 0 Å². The number of aromatic nitrogens is 6. The first-order chi connectivity index (χ1) is 41.9. The fourth-order valence-electron chi connectivity index (χ4n) is 24.7. The maximum atomic E-state index is 4.69. The van der Waals surface area contributed by atoms with E-state index in [9.17, 15) is 0 Å². The summed E-state index contributed by atoms with van der Waals surface area (Å²) in [4.78, 5) is 25.9. The molecule has 0 aromatic carbocycles. The molecule has 17 aliphatic carbocycles. The fourth-order valence-corrected chi connectivity index (χ4v) is 26.3. The van der Waals surface area contributed by atoms with Crippen molar-refractivity contribution in [1.82, 2.24) is 55.5 Å². The molecule has 1 aliphatic heterocycles. The summed E-state index contributed by atoms with van der Waals surface area (Å²) < 4.78 is 2.22. The molecule has 7 heterocycles. The van der Waals surface area contributed by atoms with Gasteiger partial charge in [0.05, 0.1) is 29.0 Å². The van der Waals surface area contributed by atoms with Crippen LogP contribution in [0.2, 0.25) is 0 Å². The molecule has 6 N–H and O–H groups in total. The van der Waals surface area contributed by atoms with E-state index in [2.05, 4.69) is 107 Å². The van der Waals surface area contributed by atoms with Gasteiger partial charge in [-0.15, -0.1) is 22.7 Å². The Balaban J connectivity index is 0.0000000899. The number of imidazole rings is 1. The number of fused-ring (bicyclic) bond motifs is 3. The van der Waals surface area contributed by atoms with Crippen LogP contribution in [0.25, 0.3) is 16.6 Å². The number of nitrogens with zero attached hydrogens (tertiary/aromatic N) is 5. The molecular weight excluding hydrogens is 1100 g/mol. The molecule has 24 rings (SSSR count). The Labute approximate surface area is 521 Å². The Hall–Kier alpha value is -3.43. The third-order valence-electron chi connectivity index (χ3n) is 26.4. The number of pyridine rings is 1. The SMILES string of the molecule is C1CC2CC(CNC34CC5CC(CC(C5)C3)C4)NC2C1.Cc1cnc(CN(Cc2cnc(C)s2)C23CC4CC(CC(C4)C2)C3)s1.c1[nH]cc2[nH]c(CNC34CC5CC(CC(C5)C3)C4)cc12.c1ccn2c(CNC34CC5CC(CC(C5)C3)C4)cnc2c1. The second kappa shape index (κ2) is 22.7. The zero-order chi connectivity index (χ0) is 57.2. The van der Waals surface area contributed by atoms with E-state index in [0.717, 1.165) is 121 Å². The maximum absolute atomic E-state index is 4.69. The van der Waals surface area contributed by atoms with Crippen LogP contribution in [-0.2, 0) is 26.2 Å². The highest BCUT2D eigenvalue weighted by molar-refractivity contribution is 7.11. The van der Waals surface area contributed by atoms with Gasteiger partial charge >= 0.3 is 0 Å². The summed E-state index contributed by atoms with van der Waals surface area (Å²) >= 11 is 3.74. The van der Waals surface area contributed by atoms with E-state index in [0.29, 0.717) is 22.2 Å². The van der Waals surface area contributed by atoms with E-state index >= 15 is 0 Å².